The second-order valence-corrected chi connectivity index (χ2v) is 7.17. The zero-order valence-electron chi connectivity index (χ0n) is 13.9. The van der Waals surface area contributed by atoms with Gasteiger partial charge in [-0.2, -0.15) is 0 Å². The van der Waals surface area contributed by atoms with Gasteiger partial charge in [0.15, 0.2) is 0 Å². The Morgan fingerprint density at radius 2 is 1.92 bits per heavy atom. The Hall–Kier alpha value is -2.20. The third kappa shape index (κ3) is 4.45. The molecule has 128 valence electrons. The van der Waals surface area contributed by atoms with Crippen molar-refractivity contribution in [2.24, 2.45) is 0 Å². The number of para-hydroxylation sites is 1. The van der Waals surface area contributed by atoms with Crippen molar-refractivity contribution in [3.8, 4) is 0 Å². The van der Waals surface area contributed by atoms with Crippen molar-refractivity contribution >= 4 is 27.5 Å². The molecule has 0 heterocycles. The molecular formula is C21H19BrFNO. The lowest BCUT2D eigenvalue weighted by molar-refractivity contribution is -0.111. The number of hydrogen-bond donors (Lipinski definition) is 1. The third-order valence-electron chi connectivity index (χ3n) is 4.34. The van der Waals surface area contributed by atoms with Gasteiger partial charge in [-0.3, -0.25) is 4.79 Å². The van der Waals surface area contributed by atoms with Gasteiger partial charge in [-0.05, 0) is 48.7 Å². The van der Waals surface area contributed by atoms with Crippen molar-refractivity contribution in [1.82, 2.24) is 0 Å². The van der Waals surface area contributed by atoms with Crippen LogP contribution >= 0.6 is 15.9 Å². The second-order valence-electron chi connectivity index (χ2n) is 6.26. The number of nitrogens with one attached hydrogen (secondary N) is 1. The molecule has 1 aliphatic carbocycles. The summed E-state index contributed by atoms with van der Waals surface area (Å²) in [6.07, 6.45) is 6.61. The molecular weight excluding hydrogens is 381 g/mol. The van der Waals surface area contributed by atoms with Gasteiger partial charge in [0.05, 0.1) is 0 Å². The second kappa shape index (κ2) is 7.36. The van der Waals surface area contributed by atoms with E-state index in [4.69, 9.17) is 0 Å². The number of halogens is 2. The van der Waals surface area contributed by atoms with Crippen LogP contribution in [0.3, 0.4) is 0 Å². The fraction of sp³-hybridized carbons (Fsp3) is 0.190. The lowest BCUT2D eigenvalue weighted by Gasteiger charge is -2.05. The van der Waals surface area contributed by atoms with Gasteiger partial charge >= 0.3 is 0 Å². The van der Waals surface area contributed by atoms with E-state index in [9.17, 15) is 9.18 Å². The van der Waals surface area contributed by atoms with Crippen LogP contribution in [-0.4, -0.2) is 11.6 Å². The molecule has 2 aromatic rings. The Morgan fingerprint density at radius 1 is 1.20 bits per heavy atom. The monoisotopic (exact) mass is 399 g/mol. The van der Waals surface area contributed by atoms with Crippen LogP contribution in [0.1, 0.15) is 23.5 Å². The minimum absolute atomic E-state index is 0.106. The third-order valence-corrected chi connectivity index (χ3v) is 4.87. The van der Waals surface area contributed by atoms with Crippen LogP contribution in [0.25, 0.3) is 0 Å². The van der Waals surface area contributed by atoms with Crippen molar-refractivity contribution in [3.63, 3.8) is 0 Å². The Morgan fingerprint density at radius 3 is 2.64 bits per heavy atom. The molecule has 1 amide bonds. The summed E-state index contributed by atoms with van der Waals surface area (Å²) in [7, 11) is 0. The summed E-state index contributed by atoms with van der Waals surface area (Å²) in [6, 6.07) is 15.3. The Bertz CT molecular complexity index is 828. The number of aryl methyl sites for hydroxylation is 1. The van der Waals surface area contributed by atoms with E-state index in [1.807, 2.05) is 55.5 Å². The highest BCUT2D eigenvalue weighted by Gasteiger charge is 2.53. The molecule has 0 bridgehead atoms. The first-order valence-electron chi connectivity index (χ1n) is 8.15. The van der Waals surface area contributed by atoms with Crippen molar-refractivity contribution in [3.05, 3.63) is 88.4 Å². The Balaban J connectivity index is 1.54. The molecule has 1 fully saturated rings. The zero-order valence-corrected chi connectivity index (χ0v) is 15.5. The lowest BCUT2D eigenvalue weighted by atomic mass is 10.1. The molecule has 1 N–H and O–H groups in total. The number of rotatable bonds is 5. The average Bonchev–Trinajstić information content (AvgIpc) is 3.26. The molecule has 3 rings (SSSR count). The summed E-state index contributed by atoms with van der Waals surface area (Å²) in [5.74, 6) is -0.335. The molecule has 1 saturated carbocycles. The predicted molar refractivity (Wildman–Crippen MR) is 103 cm³/mol. The van der Waals surface area contributed by atoms with E-state index < -0.39 is 5.67 Å². The molecule has 25 heavy (non-hydrogen) atoms. The van der Waals surface area contributed by atoms with Gasteiger partial charge in [0.2, 0.25) is 5.91 Å². The number of benzene rings is 2. The van der Waals surface area contributed by atoms with Crippen LogP contribution in [-0.2, 0) is 4.79 Å². The highest BCUT2D eigenvalue weighted by molar-refractivity contribution is 9.10. The summed E-state index contributed by atoms with van der Waals surface area (Å²) >= 11 is 3.38. The Labute approximate surface area is 155 Å². The normalized spacial score (nSPS) is 22.4. The van der Waals surface area contributed by atoms with Crippen molar-refractivity contribution in [1.29, 1.82) is 0 Å². The molecule has 2 unspecified atom stereocenters. The van der Waals surface area contributed by atoms with Crippen LogP contribution in [0.15, 0.2) is 77.3 Å². The maximum absolute atomic E-state index is 14.6. The summed E-state index contributed by atoms with van der Waals surface area (Å²) in [5, 5.41) is 2.81. The molecule has 0 aromatic heterocycles. The maximum Gasteiger partial charge on any atom is 0.248 e. The molecule has 2 atom stereocenters. The fourth-order valence-electron chi connectivity index (χ4n) is 2.77. The number of allylic oxidation sites excluding steroid dienone is 3. The highest BCUT2D eigenvalue weighted by Crippen LogP contribution is 2.55. The minimum Gasteiger partial charge on any atom is -0.322 e. The largest absolute Gasteiger partial charge is 0.322 e. The van der Waals surface area contributed by atoms with Gasteiger partial charge in [-0.25, -0.2) is 4.39 Å². The Kier molecular flexibility index (Phi) is 5.19. The number of carbonyl (C=O) groups is 1. The van der Waals surface area contributed by atoms with E-state index >= 15 is 0 Å². The van der Waals surface area contributed by atoms with E-state index in [1.165, 1.54) is 12.2 Å². The minimum atomic E-state index is -1.31. The first-order valence-corrected chi connectivity index (χ1v) is 8.94. The van der Waals surface area contributed by atoms with Crippen molar-refractivity contribution in [2.45, 2.75) is 24.9 Å². The van der Waals surface area contributed by atoms with E-state index in [2.05, 4.69) is 21.2 Å². The molecule has 1 aliphatic rings. The van der Waals surface area contributed by atoms with E-state index in [0.29, 0.717) is 6.42 Å². The van der Waals surface area contributed by atoms with Crippen LogP contribution < -0.4 is 5.32 Å². The molecule has 0 radical (unpaired) electrons. The standard InChI is InChI=1S/C21H19BrFNO/c1-15-6-2-3-7-19(15)24-20(25)8-4-5-13-21(23)14-18(21)16-9-11-17(22)12-10-16/h2-13,18H,14H2,1H3,(H,24,25)/b8-4+,13-5+. The van der Waals surface area contributed by atoms with Crippen LogP contribution in [0.5, 0.6) is 0 Å². The summed E-state index contributed by atoms with van der Waals surface area (Å²) in [5.41, 5.74) is 1.46. The molecule has 0 spiro atoms. The van der Waals surface area contributed by atoms with E-state index in [0.717, 1.165) is 21.3 Å². The summed E-state index contributed by atoms with van der Waals surface area (Å²) in [6.45, 7) is 1.93. The SMILES string of the molecule is Cc1ccccc1NC(=O)/C=C/C=C/C1(F)CC1c1ccc(Br)cc1. The van der Waals surface area contributed by atoms with Gasteiger partial charge < -0.3 is 5.32 Å². The number of alkyl halides is 1. The maximum atomic E-state index is 14.6. The first kappa shape index (κ1) is 17.6. The van der Waals surface area contributed by atoms with Gasteiger partial charge in [-0.15, -0.1) is 0 Å². The average molecular weight is 400 g/mol. The number of anilines is 1. The fourth-order valence-corrected chi connectivity index (χ4v) is 3.04. The molecule has 4 heteroatoms. The molecule has 2 nitrogen and oxygen atoms in total. The van der Waals surface area contributed by atoms with Crippen LogP contribution in [0, 0.1) is 6.92 Å². The lowest BCUT2D eigenvalue weighted by Crippen LogP contribution is -2.08. The van der Waals surface area contributed by atoms with Crippen LogP contribution in [0.4, 0.5) is 10.1 Å². The smallest absolute Gasteiger partial charge is 0.248 e. The topological polar surface area (TPSA) is 29.1 Å². The summed E-state index contributed by atoms with van der Waals surface area (Å²) < 4.78 is 15.6. The van der Waals surface area contributed by atoms with Gasteiger partial charge in [0, 0.05) is 22.2 Å². The van der Waals surface area contributed by atoms with Crippen molar-refractivity contribution < 1.29 is 9.18 Å². The quantitative estimate of drug-likeness (QED) is 0.506. The van der Waals surface area contributed by atoms with Crippen LogP contribution in [0.2, 0.25) is 0 Å². The molecule has 0 saturated heterocycles. The number of amides is 1. The highest BCUT2D eigenvalue weighted by atomic mass is 79.9. The van der Waals surface area contributed by atoms with E-state index in [-0.39, 0.29) is 11.8 Å². The molecule has 0 aliphatic heterocycles. The predicted octanol–water partition coefficient (Wildman–Crippen LogP) is 5.70. The number of hydrogen-bond acceptors (Lipinski definition) is 1. The zero-order chi connectivity index (χ0) is 17.9. The van der Waals surface area contributed by atoms with Gasteiger partial charge in [0.1, 0.15) is 5.67 Å². The van der Waals surface area contributed by atoms with Gasteiger partial charge in [-0.1, -0.05) is 58.4 Å². The van der Waals surface area contributed by atoms with Gasteiger partial charge in [0.25, 0.3) is 0 Å². The molecule has 2 aromatic carbocycles. The first-order chi connectivity index (χ1) is 12.0. The summed E-state index contributed by atoms with van der Waals surface area (Å²) in [4.78, 5) is 11.9. The van der Waals surface area contributed by atoms with Crippen molar-refractivity contribution in [2.75, 3.05) is 5.32 Å². The van der Waals surface area contributed by atoms with E-state index in [1.54, 1.807) is 12.2 Å². The number of carbonyl (C=O) groups excluding carboxylic acids is 1.